The summed E-state index contributed by atoms with van der Waals surface area (Å²) in [6, 6.07) is 0. The molecule has 4 fully saturated rings. The highest BCUT2D eigenvalue weighted by Crippen LogP contribution is 2.53. The minimum atomic E-state index is -0.474. The van der Waals surface area contributed by atoms with Gasteiger partial charge in [-0.3, -0.25) is 0 Å². The zero-order valence-corrected chi connectivity index (χ0v) is 26.2. The van der Waals surface area contributed by atoms with Gasteiger partial charge in [0.05, 0.1) is 38.6 Å². The Kier molecular flexibility index (Phi) is 8.06. The van der Waals surface area contributed by atoms with Crippen LogP contribution in [0.5, 0.6) is 0 Å². The molecular formula is C36H54O6. The maximum Gasteiger partial charge on any atom is 0.168 e. The van der Waals surface area contributed by atoms with Gasteiger partial charge >= 0.3 is 0 Å². The van der Waals surface area contributed by atoms with Gasteiger partial charge in [0.25, 0.3) is 0 Å². The Morgan fingerprint density at radius 2 is 0.857 bits per heavy atom. The molecule has 7 rings (SSSR count). The fourth-order valence-corrected chi connectivity index (χ4v) is 9.26. The van der Waals surface area contributed by atoms with Crippen molar-refractivity contribution in [2.45, 2.75) is 153 Å². The van der Waals surface area contributed by atoms with E-state index in [2.05, 4.69) is 13.8 Å². The summed E-state index contributed by atoms with van der Waals surface area (Å²) in [5, 5.41) is 20.1. The first-order valence-corrected chi connectivity index (χ1v) is 17.4. The zero-order chi connectivity index (χ0) is 29.0. The lowest BCUT2D eigenvalue weighted by Crippen LogP contribution is -2.52. The predicted octanol–water partition coefficient (Wildman–Crippen LogP) is 5.90. The summed E-state index contributed by atoms with van der Waals surface area (Å²) in [5.74, 6) is -0.948. The highest BCUT2D eigenvalue weighted by Gasteiger charge is 2.53. The van der Waals surface area contributed by atoms with Gasteiger partial charge in [0.15, 0.2) is 11.6 Å². The lowest BCUT2D eigenvalue weighted by molar-refractivity contribution is -0.317. The van der Waals surface area contributed by atoms with Crippen LogP contribution in [0, 0.1) is 10.8 Å². The summed E-state index contributed by atoms with van der Waals surface area (Å²) in [5.41, 5.74) is 9.86. The van der Waals surface area contributed by atoms with Gasteiger partial charge in [-0.1, -0.05) is 26.7 Å². The number of aliphatic hydroxyl groups excluding tert-OH is 2. The molecule has 0 bridgehead atoms. The average Bonchev–Trinajstić information content (AvgIpc) is 3.56. The molecule has 2 N–H and O–H groups in total. The van der Waals surface area contributed by atoms with E-state index in [1.807, 2.05) is 0 Å². The second-order valence-corrected chi connectivity index (χ2v) is 15.2. The summed E-state index contributed by atoms with van der Waals surface area (Å²) in [6.07, 6.45) is 17.4. The van der Waals surface area contributed by atoms with Gasteiger partial charge in [0, 0.05) is 36.5 Å². The van der Waals surface area contributed by atoms with Crippen LogP contribution in [0.15, 0.2) is 0 Å². The maximum atomic E-state index is 10.1. The molecule has 6 heteroatoms. The topological polar surface area (TPSA) is 77.4 Å². The molecule has 0 unspecified atom stereocenters. The second kappa shape index (κ2) is 11.4. The van der Waals surface area contributed by atoms with Gasteiger partial charge in [-0.15, -0.1) is 0 Å². The van der Waals surface area contributed by atoms with E-state index in [-0.39, 0.29) is 23.0 Å². The van der Waals surface area contributed by atoms with Crippen LogP contribution in [-0.2, 0) is 57.5 Å². The van der Waals surface area contributed by atoms with E-state index in [1.165, 1.54) is 25.7 Å². The van der Waals surface area contributed by atoms with Gasteiger partial charge in [0.2, 0.25) is 0 Å². The van der Waals surface area contributed by atoms with Crippen molar-refractivity contribution in [3.63, 3.8) is 0 Å². The Labute approximate surface area is 252 Å². The van der Waals surface area contributed by atoms with Crippen molar-refractivity contribution < 1.29 is 29.2 Å². The van der Waals surface area contributed by atoms with E-state index >= 15 is 0 Å². The highest BCUT2D eigenvalue weighted by molar-refractivity contribution is 5.58. The van der Waals surface area contributed by atoms with E-state index < -0.39 is 11.6 Å². The van der Waals surface area contributed by atoms with Crippen LogP contribution >= 0.6 is 0 Å². The number of benzene rings is 1. The smallest absolute Gasteiger partial charge is 0.168 e. The van der Waals surface area contributed by atoms with Crippen LogP contribution in [0.1, 0.15) is 124 Å². The van der Waals surface area contributed by atoms with Crippen molar-refractivity contribution in [3.05, 3.63) is 33.4 Å². The Balaban J connectivity index is 1.16. The first-order chi connectivity index (χ1) is 20.3. The Hall–Kier alpha value is -1.02. The molecule has 1 aromatic carbocycles. The van der Waals surface area contributed by atoms with E-state index in [1.54, 1.807) is 33.4 Å². The molecule has 0 atom stereocenters. The van der Waals surface area contributed by atoms with Gasteiger partial charge < -0.3 is 29.2 Å². The Bertz CT molecular complexity index is 992. The SMILES string of the molecule is CCCCc1c2c(c(CCCC)c3c1CC1(COC4(CCC(O)CC4)OC1)C3)CC1(COC3(CCC(O)CC3)OC1)C2. The van der Waals surface area contributed by atoms with Crippen LogP contribution in [0.4, 0.5) is 0 Å². The number of rotatable bonds is 6. The average molecular weight is 583 g/mol. The third-order valence-corrected chi connectivity index (χ3v) is 12.0. The molecule has 6 nitrogen and oxygen atoms in total. The highest BCUT2D eigenvalue weighted by atomic mass is 16.7. The van der Waals surface area contributed by atoms with Crippen molar-refractivity contribution in [1.29, 1.82) is 0 Å². The summed E-state index contributed by atoms with van der Waals surface area (Å²) in [6.45, 7) is 7.70. The number of hydrogen-bond acceptors (Lipinski definition) is 6. The van der Waals surface area contributed by atoms with Crippen LogP contribution in [0.3, 0.4) is 0 Å². The maximum absolute atomic E-state index is 10.1. The predicted molar refractivity (Wildman–Crippen MR) is 162 cm³/mol. The zero-order valence-electron chi connectivity index (χ0n) is 26.2. The number of hydrogen-bond donors (Lipinski definition) is 2. The summed E-state index contributed by atoms with van der Waals surface area (Å²) < 4.78 is 26.5. The molecule has 4 spiro atoms. The minimum absolute atomic E-state index is 0.0351. The number of unbranched alkanes of at least 4 members (excludes halogenated alkanes) is 2. The van der Waals surface area contributed by atoms with E-state index in [0.717, 1.165) is 116 Å². The third-order valence-electron chi connectivity index (χ3n) is 12.0. The molecule has 2 saturated heterocycles. The lowest BCUT2D eigenvalue weighted by Gasteiger charge is -2.47. The van der Waals surface area contributed by atoms with Crippen LogP contribution < -0.4 is 0 Å². The molecule has 0 amide bonds. The fourth-order valence-electron chi connectivity index (χ4n) is 9.26. The first kappa shape index (κ1) is 29.7. The van der Waals surface area contributed by atoms with Gasteiger partial charge in [-0.25, -0.2) is 0 Å². The van der Waals surface area contributed by atoms with Crippen molar-refractivity contribution in [2.24, 2.45) is 10.8 Å². The molecule has 2 heterocycles. The number of ether oxygens (including phenoxy) is 4. The summed E-state index contributed by atoms with van der Waals surface area (Å²) in [4.78, 5) is 0. The monoisotopic (exact) mass is 582 g/mol. The number of fused-ring (bicyclic) bond motifs is 2. The van der Waals surface area contributed by atoms with E-state index in [4.69, 9.17) is 18.9 Å². The van der Waals surface area contributed by atoms with Crippen LogP contribution in [-0.4, -0.2) is 60.4 Å². The van der Waals surface area contributed by atoms with Crippen molar-refractivity contribution in [1.82, 2.24) is 0 Å². The fraction of sp³-hybridized carbons (Fsp3) is 0.833. The largest absolute Gasteiger partial charge is 0.393 e. The van der Waals surface area contributed by atoms with Gasteiger partial charge in [-0.2, -0.15) is 0 Å². The quantitative estimate of drug-likeness (QED) is 0.435. The van der Waals surface area contributed by atoms with Crippen LogP contribution in [0.2, 0.25) is 0 Å². The molecule has 2 saturated carbocycles. The molecule has 1 aromatic rings. The van der Waals surface area contributed by atoms with Crippen molar-refractivity contribution >= 4 is 0 Å². The van der Waals surface area contributed by atoms with Crippen LogP contribution in [0.25, 0.3) is 0 Å². The molecule has 234 valence electrons. The molecule has 0 radical (unpaired) electrons. The minimum Gasteiger partial charge on any atom is -0.393 e. The molecular weight excluding hydrogens is 528 g/mol. The van der Waals surface area contributed by atoms with E-state index in [9.17, 15) is 10.2 Å². The Morgan fingerprint density at radius 3 is 1.14 bits per heavy atom. The number of aliphatic hydroxyl groups is 2. The molecule has 42 heavy (non-hydrogen) atoms. The second-order valence-electron chi connectivity index (χ2n) is 15.2. The summed E-state index contributed by atoms with van der Waals surface area (Å²) in [7, 11) is 0. The normalized spacial score (nSPS) is 27.7. The standard InChI is InChI=1S/C36H54O6/c1-3-5-7-27-29-17-33(21-39-35(40-22-33)13-9-25(37)10-14-35)19-31(29)28(8-6-4-2)32-20-34(18-30(27)32)23-41-36(42-24-34)15-11-26(38)12-16-36/h25-26,37-38H,3-24H2,1-2H3. The van der Waals surface area contributed by atoms with Crippen molar-refractivity contribution in [3.8, 4) is 0 Å². The third kappa shape index (κ3) is 5.30. The van der Waals surface area contributed by atoms with E-state index in [0.29, 0.717) is 0 Å². The molecule has 4 aliphatic carbocycles. The van der Waals surface area contributed by atoms with Gasteiger partial charge in [-0.05, 0) is 110 Å². The molecule has 6 aliphatic rings. The molecule has 0 aromatic heterocycles. The lowest BCUT2D eigenvalue weighted by atomic mass is 9.81. The first-order valence-electron chi connectivity index (χ1n) is 17.4. The van der Waals surface area contributed by atoms with Crippen molar-refractivity contribution in [2.75, 3.05) is 26.4 Å². The Morgan fingerprint density at radius 1 is 0.548 bits per heavy atom. The summed E-state index contributed by atoms with van der Waals surface area (Å²) >= 11 is 0. The molecule has 2 aliphatic heterocycles. The van der Waals surface area contributed by atoms with Gasteiger partial charge in [0.1, 0.15) is 0 Å².